The van der Waals surface area contributed by atoms with Gasteiger partial charge in [0.05, 0.1) is 23.2 Å². The van der Waals surface area contributed by atoms with Crippen LogP contribution in [0.25, 0.3) is 10.9 Å². The van der Waals surface area contributed by atoms with Crippen molar-refractivity contribution in [2.45, 2.75) is 43.3 Å². The number of fused-ring (bicyclic) bond motifs is 2. The van der Waals surface area contributed by atoms with E-state index in [0.717, 1.165) is 23.7 Å². The maximum absolute atomic E-state index is 13.3. The molecule has 4 rings (SSSR count). The van der Waals surface area contributed by atoms with Gasteiger partial charge in [-0.1, -0.05) is 31.0 Å². The highest BCUT2D eigenvalue weighted by Gasteiger charge is 2.54. The Bertz CT molecular complexity index is 855. The fourth-order valence-electron chi connectivity index (χ4n) is 4.42. The zero-order valence-electron chi connectivity index (χ0n) is 15.0. The van der Waals surface area contributed by atoms with Crippen molar-refractivity contribution in [3.05, 3.63) is 35.9 Å². The summed E-state index contributed by atoms with van der Waals surface area (Å²) in [6.07, 6.45) is 3.35. The Hall–Kier alpha value is -2.18. The van der Waals surface area contributed by atoms with E-state index >= 15 is 0 Å². The molecule has 2 aromatic rings. The first kappa shape index (κ1) is 17.2. The summed E-state index contributed by atoms with van der Waals surface area (Å²) >= 11 is 0. The predicted molar refractivity (Wildman–Crippen MR) is 100 cm³/mol. The first-order valence-electron chi connectivity index (χ1n) is 9.27. The first-order valence-corrected chi connectivity index (χ1v) is 9.27. The van der Waals surface area contributed by atoms with Gasteiger partial charge in [0, 0.05) is 19.0 Å². The van der Waals surface area contributed by atoms with Crippen molar-refractivity contribution in [1.82, 2.24) is 9.88 Å². The van der Waals surface area contributed by atoms with E-state index in [-0.39, 0.29) is 12.5 Å². The largest absolute Gasteiger partial charge is 0.387 e. The van der Waals surface area contributed by atoms with Crippen molar-refractivity contribution in [3.63, 3.8) is 0 Å². The number of aliphatic hydroxyl groups is 2. The monoisotopic (exact) mass is 355 g/mol. The third kappa shape index (κ3) is 2.64. The molecule has 1 saturated heterocycles. The maximum Gasteiger partial charge on any atom is 0.254 e. The van der Waals surface area contributed by atoms with Gasteiger partial charge in [0.25, 0.3) is 5.91 Å². The van der Waals surface area contributed by atoms with Crippen LogP contribution < -0.4 is 5.32 Å². The van der Waals surface area contributed by atoms with Crippen molar-refractivity contribution in [1.29, 1.82) is 0 Å². The second-order valence-corrected chi connectivity index (χ2v) is 7.57. The number of piperidine rings is 1. The average Bonchev–Trinajstić information content (AvgIpc) is 2.66. The molecule has 0 unspecified atom stereocenters. The molecule has 6 heteroatoms. The van der Waals surface area contributed by atoms with Crippen molar-refractivity contribution in [2.75, 3.05) is 25.5 Å². The minimum absolute atomic E-state index is 0.124. The summed E-state index contributed by atoms with van der Waals surface area (Å²) in [6.45, 7) is 0.622. The zero-order valence-corrected chi connectivity index (χ0v) is 15.0. The molecule has 2 fully saturated rings. The van der Waals surface area contributed by atoms with Crippen LogP contribution >= 0.6 is 0 Å². The highest BCUT2D eigenvalue weighted by molar-refractivity contribution is 6.07. The number of carbonyl (C=O) groups is 1. The van der Waals surface area contributed by atoms with E-state index in [1.54, 1.807) is 18.0 Å². The molecular formula is C20H25N3O3. The Morgan fingerprint density at radius 2 is 1.88 bits per heavy atom. The number of rotatable bonds is 2. The van der Waals surface area contributed by atoms with Gasteiger partial charge in [-0.25, -0.2) is 4.98 Å². The number of para-hydroxylation sites is 1. The average molecular weight is 355 g/mol. The molecule has 1 saturated carbocycles. The second-order valence-electron chi connectivity index (χ2n) is 7.57. The van der Waals surface area contributed by atoms with Crippen LogP contribution in [0.5, 0.6) is 0 Å². The second kappa shape index (κ2) is 6.21. The Balaban J connectivity index is 1.69. The number of benzene rings is 1. The summed E-state index contributed by atoms with van der Waals surface area (Å²) in [5, 5.41) is 25.7. The van der Waals surface area contributed by atoms with Crippen LogP contribution in [0, 0.1) is 0 Å². The highest BCUT2D eigenvalue weighted by atomic mass is 16.4. The smallest absolute Gasteiger partial charge is 0.254 e. The van der Waals surface area contributed by atoms with Crippen LogP contribution in [0.1, 0.15) is 42.5 Å². The third-order valence-electron chi connectivity index (χ3n) is 6.03. The van der Waals surface area contributed by atoms with Gasteiger partial charge < -0.3 is 20.4 Å². The summed E-state index contributed by atoms with van der Waals surface area (Å²) in [5.41, 5.74) is -0.954. The molecule has 1 aromatic heterocycles. The van der Waals surface area contributed by atoms with Gasteiger partial charge in [0.15, 0.2) is 0 Å². The van der Waals surface area contributed by atoms with Gasteiger partial charge in [-0.05, 0) is 31.4 Å². The number of β-amino-alcohol motifs (C(OH)–C–C–N with tert-alkyl or cyclic N) is 1. The van der Waals surface area contributed by atoms with Crippen molar-refractivity contribution in [3.8, 4) is 0 Å². The summed E-state index contributed by atoms with van der Waals surface area (Å²) < 4.78 is 0. The van der Waals surface area contributed by atoms with Gasteiger partial charge in [-0.2, -0.15) is 0 Å². The summed E-state index contributed by atoms with van der Waals surface area (Å²) in [4.78, 5) is 19.5. The number of hydrogen-bond donors (Lipinski definition) is 3. The van der Waals surface area contributed by atoms with Gasteiger partial charge in [0.2, 0.25) is 0 Å². The van der Waals surface area contributed by atoms with Gasteiger partial charge in [-0.3, -0.25) is 4.79 Å². The molecule has 2 aliphatic rings. The van der Waals surface area contributed by atoms with E-state index in [9.17, 15) is 15.0 Å². The fourth-order valence-corrected chi connectivity index (χ4v) is 4.42. The SMILES string of the molecule is CNc1cc(C(=O)N2CC[C@@]3(O)CCCC[C@@]3(O)C2)c2ccccc2n1. The molecule has 2 heterocycles. The lowest BCUT2D eigenvalue weighted by Gasteiger charge is -2.53. The normalized spacial score (nSPS) is 28.7. The highest BCUT2D eigenvalue weighted by Crippen LogP contribution is 2.43. The zero-order chi connectivity index (χ0) is 18.4. The number of likely N-dealkylation sites (tertiary alicyclic amines) is 1. The van der Waals surface area contributed by atoms with E-state index in [1.165, 1.54) is 0 Å². The van der Waals surface area contributed by atoms with Crippen molar-refractivity contribution in [2.24, 2.45) is 0 Å². The lowest BCUT2D eigenvalue weighted by Crippen LogP contribution is -2.66. The lowest BCUT2D eigenvalue weighted by atomic mass is 9.67. The van der Waals surface area contributed by atoms with E-state index in [4.69, 9.17) is 0 Å². The van der Waals surface area contributed by atoms with Crippen LogP contribution in [-0.2, 0) is 0 Å². The topological polar surface area (TPSA) is 85.7 Å². The van der Waals surface area contributed by atoms with E-state index in [2.05, 4.69) is 10.3 Å². The van der Waals surface area contributed by atoms with Crippen LogP contribution in [0.2, 0.25) is 0 Å². The van der Waals surface area contributed by atoms with Gasteiger partial charge >= 0.3 is 0 Å². The number of aromatic nitrogens is 1. The van der Waals surface area contributed by atoms with Crippen molar-refractivity contribution < 1.29 is 15.0 Å². The molecule has 3 N–H and O–H groups in total. The third-order valence-corrected chi connectivity index (χ3v) is 6.03. The maximum atomic E-state index is 13.3. The van der Waals surface area contributed by atoms with Gasteiger partial charge in [-0.15, -0.1) is 0 Å². The summed E-state index contributed by atoms with van der Waals surface area (Å²) in [6, 6.07) is 9.33. The van der Waals surface area contributed by atoms with Crippen LogP contribution in [0.3, 0.4) is 0 Å². The molecule has 1 amide bonds. The molecule has 1 aliphatic carbocycles. The predicted octanol–water partition coefficient (Wildman–Crippen LogP) is 2.16. The lowest BCUT2D eigenvalue weighted by molar-refractivity contribution is -0.203. The molecule has 0 bridgehead atoms. The number of hydrogen-bond acceptors (Lipinski definition) is 5. The molecule has 0 spiro atoms. The van der Waals surface area contributed by atoms with E-state index in [1.807, 2.05) is 24.3 Å². The number of nitrogens with one attached hydrogen (secondary N) is 1. The molecular weight excluding hydrogens is 330 g/mol. The van der Waals surface area contributed by atoms with Crippen LogP contribution in [0.4, 0.5) is 5.82 Å². The molecule has 26 heavy (non-hydrogen) atoms. The molecule has 2 atom stereocenters. The van der Waals surface area contributed by atoms with Crippen LogP contribution in [0.15, 0.2) is 30.3 Å². The number of pyridine rings is 1. The van der Waals surface area contributed by atoms with Crippen LogP contribution in [-0.4, -0.2) is 57.3 Å². The number of anilines is 1. The van der Waals surface area contributed by atoms with E-state index < -0.39 is 11.2 Å². The molecule has 0 radical (unpaired) electrons. The minimum atomic E-state index is -1.21. The fraction of sp³-hybridized carbons (Fsp3) is 0.500. The Morgan fingerprint density at radius 3 is 2.65 bits per heavy atom. The summed E-state index contributed by atoms with van der Waals surface area (Å²) in [5.74, 6) is 0.512. The van der Waals surface area contributed by atoms with Crippen molar-refractivity contribution >= 4 is 22.6 Å². The number of amides is 1. The minimum Gasteiger partial charge on any atom is -0.387 e. The first-order chi connectivity index (χ1) is 12.5. The molecule has 1 aromatic carbocycles. The molecule has 6 nitrogen and oxygen atoms in total. The summed E-state index contributed by atoms with van der Waals surface area (Å²) in [7, 11) is 1.77. The quantitative estimate of drug-likeness (QED) is 0.769. The molecule has 138 valence electrons. The Kier molecular flexibility index (Phi) is 4.12. The standard InChI is InChI=1S/C20H25N3O3/c1-21-17-12-15(14-6-2-3-7-16(14)22-17)18(24)23-11-10-19(25)8-4-5-9-20(19,26)13-23/h2-3,6-7,12,25-26H,4-5,8-11,13H2,1H3,(H,21,22)/t19-,20+/m0/s1. The van der Waals surface area contributed by atoms with Gasteiger partial charge in [0.1, 0.15) is 11.4 Å². The Labute approximate surface area is 152 Å². The van der Waals surface area contributed by atoms with E-state index in [0.29, 0.717) is 37.2 Å². The molecule has 1 aliphatic heterocycles. The Morgan fingerprint density at radius 1 is 1.15 bits per heavy atom. The number of carbonyl (C=O) groups excluding carboxylic acids is 1. The number of nitrogens with zero attached hydrogens (tertiary/aromatic N) is 2.